The van der Waals surface area contributed by atoms with Crippen molar-refractivity contribution in [2.45, 2.75) is 50.7 Å². The number of hydrogen-bond donors (Lipinski definition) is 2. The van der Waals surface area contributed by atoms with Crippen LogP contribution in [0, 0.1) is 0 Å². The smallest absolute Gasteiger partial charge is 0.134 e. The fraction of sp³-hybridized carbons (Fsp3) is 0.667. The van der Waals surface area contributed by atoms with Gasteiger partial charge >= 0.3 is 0 Å². The van der Waals surface area contributed by atoms with E-state index < -0.39 is 0 Å². The Morgan fingerprint density at radius 3 is 2.65 bits per heavy atom. The van der Waals surface area contributed by atoms with E-state index in [1.807, 2.05) is 12.1 Å². The van der Waals surface area contributed by atoms with Crippen LogP contribution in [-0.4, -0.2) is 58.3 Å². The second-order valence-electron chi connectivity index (χ2n) is 6.86. The van der Waals surface area contributed by atoms with Crippen molar-refractivity contribution >= 4 is 11.6 Å². The van der Waals surface area contributed by atoms with Crippen molar-refractivity contribution in [3.63, 3.8) is 0 Å². The molecule has 1 atom stereocenters. The quantitative estimate of drug-likeness (QED) is 0.866. The van der Waals surface area contributed by atoms with Crippen LogP contribution in [0.1, 0.15) is 37.7 Å². The first-order valence-corrected chi connectivity index (χ1v) is 9.11. The molecule has 1 saturated carbocycles. The van der Waals surface area contributed by atoms with Crippen molar-refractivity contribution in [2.24, 2.45) is 0 Å². The number of aliphatic hydroxyl groups is 1. The summed E-state index contributed by atoms with van der Waals surface area (Å²) in [6.45, 7) is 4.24. The van der Waals surface area contributed by atoms with Gasteiger partial charge in [-0.25, -0.2) is 0 Å². The van der Waals surface area contributed by atoms with Crippen LogP contribution in [0.5, 0.6) is 5.75 Å². The zero-order chi connectivity index (χ0) is 16.2. The summed E-state index contributed by atoms with van der Waals surface area (Å²) in [5, 5.41) is 19.4. The van der Waals surface area contributed by atoms with Crippen LogP contribution in [0.25, 0.3) is 0 Å². The largest absolute Gasteiger partial charge is 0.506 e. The molecular weight excluding hydrogens is 312 g/mol. The summed E-state index contributed by atoms with van der Waals surface area (Å²) in [5.74, 6) is 0.139. The average molecular weight is 339 g/mol. The summed E-state index contributed by atoms with van der Waals surface area (Å²) in [6, 6.07) is 6.62. The van der Waals surface area contributed by atoms with Gasteiger partial charge in [0, 0.05) is 44.9 Å². The van der Waals surface area contributed by atoms with E-state index >= 15 is 0 Å². The molecule has 0 amide bonds. The zero-order valence-electron chi connectivity index (χ0n) is 13.6. The molecule has 5 heteroatoms. The number of aromatic hydroxyl groups is 1. The fourth-order valence-electron chi connectivity index (χ4n) is 4.11. The summed E-state index contributed by atoms with van der Waals surface area (Å²) in [7, 11) is 0. The lowest BCUT2D eigenvalue weighted by Gasteiger charge is -2.44. The molecule has 1 saturated heterocycles. The maximum Gasteiger partial charge on any atom is 0.134 e. The Kier molecular flexibility index (Phi) is 5.81. The van der Waals surface area contributed by atoms with Crippen LogP contribution in [0.15, 0.2) is 18.2 Å². The molecule has 1 aromatic rings. The second-order valence-corrected chi connectivity index (χ2v) is 7.27. The van der Waals surface area contributed by atoms with Gasteiger partial charge < -0.3 is 10.2 Å². The first-order valence-electron chi connectivity index (χ1n) is 8.73. The number of aliphatic hydroxyl groups excluding tert-OH is 1. The Hall–Kier alpha value is -0.810. The molecule has 0 radical (unpaired) electrons. The average Bonchev–Trinajstić information content (AvgIpc) is 3.06. The van der Waals surface area contributed by atoms with E-state index in [9.17, 15) is 10.2 Å². The van der Waals surface area contributed by atoms with Gasteiger partial charge in [-0.2, -0.15) is 0 Å². The molecule has 0 unspecified atom stereocenters. The number of hydrogen-bond acceptors (Lipinski definition) is 4. The molecule has 2 fully saturated rings. The molecule has 128 valence electrons. The van der Waals surface area contributed by atoms with Crippen molar-refractivity contribution in [3.05, 3.63) is 28.8 Å². The Labute approximate surface area is 143 Å². The molecule has 2 aliphatic rings. The van der Waals surface area contributed by atoms with E-state index in [2.05, 4.69) is 9.80 Å². The summed E-state index contributed by atoms with van der Waals surface area (Å²) >= 11 is 6.01. The van der Waals surface area contributed by atoms with Gasteiger partial charge in [0.15, 0.2) is 0 Å². The van der Waals surface area contributed by atoms with Crippen LogP contribution in [0.4, 0.5) is 0 Å². The standard InChI is InChI=1S/C18H27ClN2O2/c19-17-11-14(5-6-18(17)23)12-20-8-9-21(15-3-1-2-4-15)16(13-20)7-10-22/h5-6,11,15-16,22-23H,1-4,7-10,12-13H2/t16-/m1/s1. The number of phenols is 1. The van der Waals surface area contributed by atoms with Gasteiger partial charge in [-0.1, -0.05) is 30.5 Å². The molecule has 3 rings (SSSR count). The van der Waals surface area contributed by atoms with Gasteiger partial charge in [0.2, 0.25) is 0 Å². The fourth-order valence-corrected chi connectivity index (χ4v) is 4.31. The van der Waals surface area contributed by atoms with Crippen LogP contribution in [0.2, 0.25) is 5.02 Å². The SMILES string of the molecule is OCC[C@@H]1CN(Cc2ccc(O)c(Cl)c2)CCN1C1CCCC1. The van der Waals surface area contributed by atoms with Gasteiger partial charge in [0.05, 0.1) is 5.02 Å². The van der Waals surface area contributed by atoms with Crippen LogP contribution >= 0.6 is 11.6 Å². The van der Waals surface area contributed by atoms with Gasteiger partial charge in [0.25, 0.3) is 0 Å². The maximum atomic E-state index is 9.54. The lowest BCUT2D eigenvalue weighted by atomic mass is 10.0. The molecular formula is C18H27ClN2O2. The van der Waals surface area contributed by atoms with Gasteiger partial charge in [0.1, 0.15) is 5.75 Å². The summed E-state index contributed by atoms with van der Waals surface area (Å²) in [4.78, 5) is 5.08. The van der Waals surface area contributed by atoms with Gasteiger partial charge in [-0.05, 0) is 37.0 Å². The topological polar surface area (TPSA) is 46.9 Å². The molecule has 23 heavy (non-hydrogen) atoms. The number of halogens is 1. The summed E-state index contributed by atoms with van der Waals surface area (Å²) < 4.78 is 0. The minimum atomic E-state index is 0.139. The minimum absolute atomic E-state index is 0.139. The Balaban J connectivity index is 1.62. The van der Waals surface area contributed by atoms with Crippen molar-refractivity contribution in [2.75, 3.05) is 26.2 Å². The minimum Gasteiger partial charge on any atom is -0.506 e. The van der Waals surface area contributed by atoms with Gasteiger partial charge in [-0.3, -0.25) is 9.80 Å². The highest BCUT2D eigenvalue weighted by Crippen LogP contribution is 2.29. The van der Waals surface area contributed by atoms with E-state index in [0.717, 1.165) is 44.2 Å². The summed E-state index contributed by atoms with van der Waals surface area (Å²) in [5.41, 5.74) is 1.13. The maximum absolute atomic E-state index is 9.54. The highest BCUT2D eigenvalue weighted by molar-refractivity contribution is 6.32. The Morgan fingerprint density at radius 1 is 1.17 bits per heavy atom. The first kappa shape index (κ1) is 17.0. The van der Waals surface area contributed by atoms with E-state index in [0.29, 0.717) is 11.1 Å². The van der Waals surface area contributed by atoms with Crippen LogP contribution in [-0.2, 0) is 6.54 Å². The molecule has 1 aliphatic heterocycles. The molecule has 0 aromatic heterocycles. The van der Waals surface area contributed by atoms with Crippen LogP contribution in [0.3, 0.4) is 0 Å². The highest BCUT2D eigenvalue weighted by atomic mass is 35.5. The molecule has 1 aromatic carbocycles. The molecule has 0 spiro atoms. The van der Waals surface area contributed by atoms with E-state index in [-0.39, 0.29) is 12.4 Å². The number of phenolic OH excluding ortho intramolecular Hbond substituents is 1. The Morgan fingerprint density at radius 2 is 1.96 bits per heavy atom. The summed E-state index contributed by atoms with van der Waals surface area (Å²) in [6.07, 6.45) is 6.18. The van der Waals surface area contributed by atoms with E-state index in [1.54, 1.807) is 6.07 Å². The highest BCUT2D eigenvalue weighted by Gasteiger charge is 2.32. The Bertz CT molecular complexity index is 520. The normalized spacial score (nSPS) is 24.3. The van der Waals surface area contributed by atoms with E-state index in [4.69, 9.17) is 11.6 Å². The molecule has 0 bridgehead atoms. The number of rotatable bonds is 5. The molecule has 1 heterocycles. The predicted molar refractivity (Wildman–Crippen MR) is 92.8 cm³/mol. The third-order valence-electron chi connectivity index (χ3n) is 5.29. The zero-order valence-corrected chi connectivity index (χ0v) is 14.4. The third kappa shape index (κ3) is 4.18. The molecule has 4 nitrogen and oxygen atoms in total. The van der Waals surface area contributed by atoms with Crippen LogP contribution < -0.4 is 0 Å². The van der Waals surface area contributed by atoms with E-state index in [1.165, 1.54) is 25.7 Å². The number of benzene rings is 1. The van der Waals surface area contributed by atoms with Crippen molar-refractivity contribution in [1.29, 1.82) is 0 Å². The number of piperazine rings is 1. The molecule has 2 N–H and O–H groups in total. The van der Waals surface area contributed by atoms with Crippen molar-refractivity contribution in [3.8, 4) is 5.75 Å². The second kappa shape index (κ2) is 7.84. The number of nitrogens with zero attached hydrogens (tertiary/aromatic N) is 2. The van der Waals surface area contributed by atoms with Crippen molar-refractivity contribution in [1.82, 2.24) is 9.80 Å². The first-order chi connectivity index (χ1) is 11.2. The third-order valence-corrected chi connectivity index (χ3v) is 5.59. The lowest BCUT2D eigenvalue weighted by molar-refractivity contribution is 0.0267. The van der Waals surface area contributed by atoms with Gasteiger partial charge in [-0.15, -0.1) is 0 Å². The predicted octanol–water partition coefficient (Wildman–Crippen LogP) is 2.86. The monoisotopic (exact) mass is 338 g/mol. The lowest BCUT2D eigenvalue weighted by Crippen LogP contribution is -2.55. The molecule has 1 aliphatic carbocycles. The van der Waals surface area contributed by atoms with Crippen molar-refractivity contribution < 1.29 is 10.2 Å².